The molecule has 0 aromatic carbocycles. The summed E-state index contributed by atoms with van der Waals surface area (Å²) in [6, 6.07) is 0. The van der Waals surface area contributed by atoms with Crippen molar-refractivity contribution < 1.29 is 24.1 Å². The fraction of sp³-hybridized carbons (Fsp3) is 0.917. The highest BCUT2D eigenvalue weighted by Crippen LogP contribution is 2.07. The maximum absolute atomic E-state index is 11.5. The van der Waals surface area contributed by atoms with Crippen LogP contribution in [0.25, 0.3) is 0 Å². The Labute approximate surface area is 103 Å². The van der Waals surface area contributed by atoms with E-state index in [2.05, 4.69) is 6.92 Å². The SMILES string of the molecule is CCCCC(OCCOCCO)C(=O)OCC. The summed E-state index contributed by atoms with van der Waals surface area (Å²) < 4.78 is 15.4. The molecular weight excluding hydrogens is 224 g/mol. The number of rotatable bonds is 11. The number of hydrogen-bond acceptors (Lipinski definition) is 5. The number of aliphatic hydroxyl groups excluding tert-OH is 1. The van der Waals surface area contributed by atoms with Crippen LogP contribution in [0.15, 0.2) is 0 Å². The Bertz CT molecular complexity index is 184. The van der Waals surface area contributed by atoms with Crippen molar-refractivity contribution in [3.63, 3.8) is 0 Å². The van der Waals surface area contributed by atoms with E-state index in [0.29, 0.717) is 32.8 Å². The Morgan fingerprint density at radius 2 is 2.00 bits per heavy atom. The largest absolute Gasteiger partial charge is 0.464 e. The maximum atomic E-state index is 11.5. The number of ether oxygens (including phenoxy) is 3. The molecule has 0 aliphatic rings. The molecule has 0 spiro atoms. The summed E-state index contributed by atoms with van der Waals surface area (Å²) in [6.45, 7) is 5.22. The lowest BCUT2D eigenvalue weighted by atomic mass is 10.1. The van der Waals surface area contributed by atoms with Gasteiger partial charge >= 0.3 is 5.97 Å². The van der Waals surface area contributed by atoms with E-state index in [1.807, 2.05) is 0 Å². The van der Waals surface area contributed by atoms with Gasteiger partial charge in [0.25, 0.3) is 0 Å². The van der Waals surface area contributed by atoms with Crippen LogP contribution in [0.2, 0.25) is 0 Å². The molecule has 0 rings (SSSR count). The lowest BCUT2D eigenvalue weighted by Crippen LogP contribution is -2.28. The summed E-state index contributed by atoms with van der Waals surface area (Å²) in [5, 5.41) is 8.51. The molecule has 1 N–H and O–H groups in total. The van der Waals surface area contributed by atoms with Crippen LogP contribution in [0.4, 0.5) is 0 Å². The van der Waals surface area contributed by atoms with Crippen molar-refractivity contribution in [2.75, 3.05) is 33.0 Å². The number of carbonyl (C=O) groups is 1. The van der Waals surface area contributed by atoms with Crippen LogP contribution in [-0.4, -0.2) is 50.2 Å². The molecule has 0 aromatic rings. The summed E-state index contributed by atoms with van der Waals surface area (Å²) >= 11 is 0. The zero-order valence-electron chi connectivity index (χ0n) is 10.8. The first-order valence-corrected chi connectivity index (χ1v) is 6.23. The van der Waals surface area contributed by atoms with Crippen LogP contribution < -0.4 is 0 Å². The van der Waals surface area contributed by atoms with Gasteiger partial charge < -0.3 is 19.3 Å². The molecule has 0 aliphatic heterocycles. The fourth-order valence-corrected chi connectivity index (χ4v) is 1.31. The number of aliphatic hydroxyl groups is 1. The van der Waals surface area contributed by atoms with E-state index < -0.39 is 6.10 Å². The van der Waals surface area contributed by atoms with Crippen LogP contribution >= 0.6 is 0 Å². The van der Waals surface area contributed by atoms with Gasteiger partial charge in [-0.15, -0.1) is 0 Å². The second-order valence-electron chi connectivity index (χ2n) is 3.59. The van der Waals surface area contributed by atoms with Gasteiger partial charge in [-0.25, -0.2) is 4.79 Å². The zero-order chi connectivity index (χ0) is 12.9. The first-order valence-electron chi connectivity index (χ1n) is 6.23. The van der Waals surface area contributed by atoms with Crippen LogP contribution in [0.1, 0.15) is 33.1 Å². The molecule has 0 aliphatic carbocycles. The van der Waals surface area contributed by atoms with Gasteiger partial charge in [-0.05, 0) is 13.3 Å². The normalized spacial score (nSPS) is 12.4. The molecule has 17 heavy (non-hydrogen) atoms. The highest BCUT2D eigenvalue weighted by Gasteiger charge is 2.19. The first kappa shape index (κ1) is 16.4. The summed E-state index contributed by atoms with van der Waals surface area (Å²) in [5.74, 6) is -0.303. The smallest absolute Gasteiger partial charge is 0.335 e. The number of hydrogen-bond donors (Lipinski definition) is 1. The molecule has 0 heterocycles. The van der Waals surface area contributed by atoms with Gasteiger partial charge in [0.2, 0.25) is 0 Å². The Morgan fingerprint density at radius 3 is 2.59 bits per heavy atom. The molecule has 1 unspecified atom stereocenters. The third-order valence-electron chi connectivity index (χ3n) is 2.15. The van der Waals surface area contributed by atoms with Gasteiger partial charge in [-0.1, -0.05) is 19.8 Å². The molecular formula is C12H24O5. The third-order valence-corrected chi connectivity index (χ3v) is 2.15. The molecule has 1 atom stereocenters. The molecule has 5 heteroatoms. The summed E-state index contributed by atoms with van der Waals surface area (Å²) in [5.41, 5.74) is 0. The van der Waals surface area contributed by atoms with E-state index in [-0.39, 0.29) is 12.6 Å². The molecule has 0 saturated carbocycles. The summed E-state index contributed by atoms with van der Waals surface area (Å²) in [6.07, 6.45) is 2.13. The van der Waals surface area contributed by atoms with E-state index in [9.17, 15) is 4.79 Å². The Balaban J connectivity index is 3.80. The number of unbranched alkanes of at least 4 members (excludes halogenated alkanes) is 1. The van der Waals surface area contributed by atoms with Crippen LogP contribution in [0.5, 0.6) is 0 Å². The highest BCUT2D eigenvalue weighted by atomic mass is 16.6. The quantitative estimate of drug-likeness (QED) is 0.438. The van der Waals surface area contributed by atoms with Gasteiger partial charge in [0, 0.05) is 0 Å². The molecule has 0 bridgehead atoms. The summed E-state index contributed by atoms with van der Waals surface area (Å²) in [7, 11) is 0. The molecule has 0 amide bonds. The van der Waals surface area contributed by atoms with Crippen LogP contribution in [0, 0.1) is 0 Å². The monoisotopic (exact) mass is 248 g/mol. The van der Waals surface area contributed by atoms with E-state index in [1.54, 1.807) is 6.92 Å². The molecule has 0 aromatic heterocycles. The predicted molar refractivity (Wildman–Crippen MR) is 63.8 cm³/mol. The second kappa shape index (κ2) is 11.8. The molecule has 0 saturated heterocycles. The van der Waals surface area contributed by atoms with Crippen LogP contribution in [0.3, 0.4) is 0 Å². The minimum Gasteiger partial charge on any atom is -0.464 e. The molecule has 102 valence electrons. The van der Waals surface area contributed by atoms with E-state index in [4.69, 9.17) is 19.3 Å². The first-order chi connectivity index (χ1) is 8.26. The highest BCUT2D eigenvalue weighted by molar-refractivity contribution is 5.74. The van der Waals surface area contributed by atoms with E-state index in [1.165, 1.54) is 0 Å². The Hall–Kier alpha value is -0.650. The van der Waals surface area contributed by atoms with Gasteiger partial charge in [0.1, 0.15) is 0 Å². The zero-order valence-corrected chi connectivity index (χ0v) is 10.8. The van der Waals surface area contributed by atoms with Crippen molar-refractivity contribution >= 4 is 5.97 Å². The van der Waals surface area contributed by atoms with Gasteiger partial charge in [-0.3, -0.25) is 0 Å². The minimum atomic E-state index is -0.493. The summed E-state index contributed by atoms with van der Waals surface area (Å²) in [4.78, 5) is 11.5. The second-order valence-corrected chi connectivity index (χ2v) is 3.59. The standard InChI is InChI=1S/C12H24O5/c1-3-5-6-11(12(14)16-4-2)17-10-9-15-8-7-13/h11,13H,3-10H2,1-2H3. The minimum absolute atomic E-state index is 0.00284. The van der Waals surface area contributed by atoms with Crippen molar-refractivity contribution in [1.82, 2.24) is 0 Å². The van der Waals surface area contributed by atoms with Crippen molar-refractivity contribution in [3.8, 4) is 0 Å². The van der Waals surface area contributed by atoms with E-state index >= 15 is 0 Å². The maximum Gasteiger partial charge on any atom is 0.335 e. The van der Waals surface area contributed by atoms with Crippen molar-refractivity contribution in [2.24, 2.45) is 0 Å². The van der Waals surface area contributed by atoms with Crippen LogP contribution in [-0.2, 0) is 19.0 Å². The van der Waals surface area contributed by atoms with E-state index in [0.717, 1.165) is 12.8 Å². The Morgan fingerprint density at radius 1 is 1.24 bits per heavy atom. The molecule has 0 radical (unpaired) electrons. The average Bonchev–Trinajstić information content (AvgIpc) is 2.33. The van der Waals surface area contributed by atoms with Crippen molar-refractivity contribution in [2.45, 2.75) is 39.2 Å². The lowest BCUT2D eigenvalue weighted by molar-refractivity contribution is -0.158. The predicted octanol–water partition coefficient (Wildman–Crippen LogP) is 1.13. The third kappa shape index (κ3) is 9.09. The molecule has 0 fully saturated rings. The van der Waals surface area contributed by atoms with Gasteiger partial charge in [0.15, 0.2) is 6.10 Å². The van der Waals surface area contributed by atoms with Gasteiger partial charge in [-0.2, -0.15) is 0 Å². The average molecular weight is 248 g/mol. The Kier molecular flexibility index (Phi) is 11.4. The lowest BCUT2D eigenvalue weighted by Gasteiger charge is -2.16. The topological polar surface area (TPSA) is 65.0 Å². The van der Waals surface area contributed by atoms with Crippen molar-refractivity contribution in [3.05, 3.63) is 0 Å². The number of carbonyl (C=O) groups excluding carboxylic acids is 1. The molecule has 5 nitrogen and oxygen atoms in total. The fourth-order valence-electron chi connectivity index (χ4n) is 1.31. The van der Waals surface area contributed by atoms with Crippen molar-refractivity contribution in [1.29, 1.82) is 0 Å². The number of esters is 1. The van der Waals surface area contributed by atoms with Gasteiger partial charge in [0.05, 0.1) is 33.0 Å².